The maximum atomic E-state index is 11.8. The Morgan fingerprint density at radius 1 is 1.47 bits per heavy atom. The highest BCUT2D eigenvalue weighted by atomic mass is 16.6. The van der Waals surface area contributed by atoms with Crippen molar-refractivity contribution >= 4 is 5.78 Å². The summed E-state index contributed by atoms with van der Waals surface area (Å²) in [6.07, 6.45) is 7.97. The van der Waals surface area contributed by atoms with Crippen molar-refractivity contribution in [2.24, 2.45) is 0 Å². The van der Waals surface area contributed by atoms with Crippen LogP contribution in [0.25, 0.3) is 0 Å². The minimum absolute atomic E-state index is 0.0884. The van der Waals surface area contributed by atoms with Gasteiger partial charge in [-0.3, -0.25) is 4.79 Å². The normalized spacial score (nSPS) is 30.4. The minimum atomic E-state index is 0.0884. The molecular formula is C14H20O3. The number of hydrogen-bond acceptors (Lipinski definition) is 3. The molecule has 1 aliphatic heterocycles. The molecule has 0 saturated carbocycles. The molecule has 0 spiro atoms. The molecular weight excluding hydrogens is 216 g/mol. The number of carbonyl (C=O) groups excluding carboxylic acids is 1. The molecule has 0 radical (unpaired) electrons. The maximum absolute atomic E-state index is 11.8. The van der Waals surface area contributed by atoms with E-state index in [-0.39, 0.29) is 11.9 Å². The fourth-order valence-electron chi connectivity index (χ4n) is 2.18. The molecule has 0 bridgehead atoms. The Hall–Kier alpha value is -1.09. The predicted molar refractivity (Wildman–Crippen MR) is 65.6 cm³/mol. The number of ether oxygens (including phenoxy) is 2. The molecule has 0 aromatic carbocycles. The van der Waals surface area contributed by atoms with Gasteiger partial charge in [-0.15, -0.1) is 0 Å². The monoisotopic (exact) mass is 236 g/mol. The van der Waals surface area contributed by atoms with E-state index >= 15 is 0 Å². The molecule has 2 atom stereocenters. The van der Waals surface area contributed by atoms with E-state index < -0.39 is 0 Å². The Morgan fingerprint density at radius 3 is 2.94 bits per heavy atom. The van der Waals surface area contributed by atoms with Crippen LogP contribution in [-0.4, -0.2) is 24.6 Å². The highest BCUT2D eigenvalue weighted by Gasteiger charge is 2.36. The zero-order valence-electron chi connectivity index (χ0n) is 10.6. The summed E-state index contributed by atoms with van der Waals surface area (Å²) < 4.78 is 10.9. The van der Waals surface area contributed by atoms with Crippen LogP contribution in [0.15, 0.2) is 23.5 Å². The second-order valence-electron chi connectivity index (χ2n) is 4.53. The van der Waals surface area contributed by atoms with Crippen molar-refractivity contribution in [3.63, 3.8) is 0 Å². The van der Waals surface area contributed by atoms with Crippen LogP contribution in [0.1, 0.15) is 39.5 Å². The molecule has 2 aliphatic rings. The van der Waals surface area contributed by atoms with Crippen molar-refractivity contribution in [1.29, 1.82) is 0 Å². The van der Waals surface area contributed by atoms with Crippen molar-refractivity contribution in [1.82, 2.24) is 0 Å². The fraction of sp³-hybridized carbons (Fsp3) is 0.643. The Bertz CT molecular complexity index is 354. The van der Waals surface area contributed by atoms with Crippen LogP contribution in [0, 0.1) is 0 Å². The predicted octanol–water partition coefficient (Wildman–Crippen LogP) is 2.76. The van der Waals surface area contributed by atoms with Gasteiger partial charge in [0.25, 0.3) is 0 Å². The van der Waals surface area contributed by atoms with Gasteiger partial charge in [-0.25, -0.2) is 0 Å². The molecule has 0 N–H and O–H groups in total. The van der Waals surface area contributed by atoms with E-state index in [1.165, 1.54) is 0 Å². The van der Waals surface area contributed by atoms with E-state index in [1.54, 1.807) is 6.08 Å². The van der Waals surface area contributed by atoms with Crippen LogP contribution in [-0.2, 0) is 14.3 Å². The van der Waals surface area contributed by atoms with Gasteiger partial charge in [0.1, 0.15) is 11.9 Å². The van der Waals surface area contributed by atoms with Gasteiger partial charge in [-0.1, -0.05) is 13.3 Å². The molecule has 94 valence electrons. The van der Waals surface area contributed by atoms with Gasteiger partial charge < -0.3 is 9.47 Å². The molecule has 0 unspecified atom stereocenters. The lowest BCUT2D eigenvalue weighted by molar-refractivity contribution is -0.112. The molecule has 3 heteroatoms. The molecule has 17 heavy (non-hydrogen) atoms. The average molecular weight is 236 g/mol. The number of carbonyl (C=O) groups is 1. The summed E-state index contributed by atoms with van der Waals surface area (Å²) in [4.78, 5) is 11.8. The van der Waals surface area contributed by atoms with E-state index in [9.17, 15) is 4.79 Å². The quantitative estimate of drug-likeness (QED) is 0.544. The average Bonchev–Trinajstić information content (AvgIpc) is 3.02. The molecule has 0 amide bonds. The zero-order chi connectivity index (χ0) is 12.3. The van der Waals surface area contributed by atoms with E-state index in [0.29, 0.717) is 12.7 Å². The second-order valence-corrected chi connectivity index (χ2v) is 4.53. The van der Waals surface area contributed by atoms with E-state index in [0.717, 1.165) is 37.0 Å². The van der Waals surface area contributed by atoms with Crippen LogP contribution >= 0.6 is 0 Å². The highest BCUT2D eigenvalue weighted by molar-refractivity contribution is 6.05. The van der Waals surface area contributed by atoms with E-state index in [1.807, 2.05) is 13.0 Å². The summed E-state index contributed by atoms with van der Waals surface area (Å²) in [6, 6.07) is 0. The van der Waals surface area contributed by atoms with Gasteiger partial charge in [-0.05, 0) is 31.4 Å². The Balaban J connectivity index is 1.92. The molecule has 1 aliphatic carbocycles. The molecule has 3 nitrogen and oxygen atoms in total. The summed E-state index contributed by atoms with van der Waals surface area (Å²) in [5.74, 6) is 0.905. The number of hydrogen-bond donors (Lipinski definition) is 0. The third kappa shape index (κ3) is 3.19. The number of allylic oxidation sites excluding steroid dienone is 3. The lowest BCUT2D eigenvalue weighted by Crippen LogP contribution is -2.10. The van der Waals surface area contributed by atoms with Gasteiger partial charge in [0.05, 0.1) is 12.7 Å². The molecule has 0 aromatic heterocycles. The van der Waals surface area contributed by atoms with Crippen LogP contribution in [0.2, 0.25) is 0 Å². The lowest BCUT2D eigenvalue weighted by Gasteiger charge is -2.14. The topological polar surface area (TPSA) is 38.8 Å². The first-order valence-electron chi connectivity index (χ1n) is 6.48. The largest absolute Gasteiger partial charge is 0.498 e. The number of epoxide rings is 1. The summed E-state index contributed by atoms with van der Waals surface area (Å²) in [7, 11) is 0. The zero-order valence-corrected chi connectivity index (χ0v) is 10.6. The van der Waals surface area contributed by atoms with Crippen molar-refractivity contribution in [3.05, 3.63) is 23.5 Å². The van der Waals surface area contributed by atoms with Crippen LogP contribution in [0.3, 0.4) is 0 Å². The lowest BCUT2D eigenvalue weighted by atomic mass is 9.96. The molecule has 1 heterocycles. The Labute approximate surface area is 102 Å². The first kappa shape index (κ1) is 12.4. The van der Waals surface area contributed by atoms with E-state index in [2.05, 4.69) is 6.92 Å². The first-order chi connectivity index (χ1) is 8.24. The third-order valence-electron chi connectivity index (χ3n) is 3.14. The highest BCUT2D eigenvalue weighted by Crippen LogP contribution is 2.31. The summed E-state index contributed by atoms with van der Waals surface area (Å²) >= 11 is 0. The summed E-state index contributed by atoms with van der Waals surface area (Å²) in [5.41, 5.74) is 0.886. The smallest absolute Gasteiger partial charge is 0.184 e. The Morgan fingerprint density at radius 2 is 2.29 bits per heavy atom. The van der Waals surface area contributed by atoms with Crippen LogP contribution in [0.4, 0.5) is 0 Å². The molecule has 1 saturated heterocycles. The number of ketones is 1. The van der Waals surface area contributed by atoms with Crippen LogP contribution < -0.4 is 0 Å². The minimum Gasteiger partial charge on any atom is -0.498 e. The van der Waals surface area contributed by atoms with Gasteiger partial charge >= 0.3 is 0 Å². The fourth-order valence-corrected chi connectivity index (χ4v) is 2.18. The molecule has 1 fully saturated rings. The molecule has 2 rings (SSSR count). The van der Waals surface area contributed by atoms with Gasteiger partial charge in [0.15, 0.2) is 5.78 Å². The van der Waals surface area contributed by atoms with Crippen LogP contribution in [0.5, 0.6) is 0 Å². The summed E-state index contributed by atoms with van der Waals surface area (Å²) in [6.45, 7) is 4.71. The third-order valence-corrected chi connectivity index (χ3v) is 3.14. The van der Waals surface area contributed by atoms with Crippen molar-refractivity contribution < 1.29 is 14.3 Å². The SMILES string of the molecule is CCC[C@H]1O[C@@H]1/C=C1\CCC(OCC)=CC1=O. The first-order valence-corrected chi connectivity index (χ1v) is 6.48. The maximum Gasteiger partial charge on any atom is 0.184 e. The second kappa shape index (κ2) is 5.50. The van der Waals surface area contributed by atoms with Crippen molar-refractivity contribution in [3.8, 4) is 0 Å². The van der Waals surface area contributed by atoms with Crippen molar-refractivity contribution in [2.75, 3.05) is 6.61 Å². The Kier molecular flexibility index (Phi) is 4.00. The van der Waals surface area contributed by atoms with Gasteiger partial charge in [0.2, 0.25) is 0 Å². The van der Waals surface area contributed by atoms with Crippen molar-refractivity contribution in [2.45, 2.75) is 51.7 Å². The van der Waals surface area contributed by atoms with Gasteiger partial charge in [0, 0.05) is 12.5 Å². The number of rotatable bonds is 5. The van der Waals surface area contributed by atoms with E-state index in [4.69, 9.17) is 9.47 Å². The molecule has 0 aromatic rings. The van der Waals surface area contributed by atoms with Gasteiger partial charge in [-0.2, -0.15) is 0 Å². The summed E-state index contributed by atoms with van der Waals surface area (Å²) in [5, 5.41) is 0. The standard InChI is InChI=1S/C14H20O3/c1-3-5-13-14(17-13)8-10-6-7-11(16-4-2)9-12(10)15/h8-9,13-14H,3-7H2,1-2H3/b10-8+/t13-,14-/m1/s1.